The lowest BCUT2D eigenvalue weighted by atomic mass is 10.1. The van der Waals surface area contributed by atoms with Gasteiger partial charge < -0.3 is 10.2 Å². The highest BCUT2D eigenvalue weighted by Crippen LogP contribution is 2.28. The Balaban J connectivity index is 1.70. The third-order valence-electron chi connectivity index (χ3n) is 6.96. The maximum absolute atomic E-state index is 15.0. The maximum atomic E-state index is 15.0. The number of para-hydroxylation sites is 1. The van der Waals surface area contributed by atoms with Crippen LogP contribution in [0, 0.1) is 5.82 Å². The zero-order valence-electron chi connectivity index (χ0n) is 21.9. The quantitative estimate of drug-likeness (QED) is 0.316. The number of anilines is 1. The van der Waals surface area contributed by atoms with Crippen molar-refractivity contribution in [2.45, 2.75) is 56.1 Å². The van der Waals surface area contributed by atoms with Gasteiger partial charge in [0, 0.05) is 22.6 Å². The molecule has 11 heteroatoms. The van der Waals surface area contributed by atoms with Crippen molar-refractivity contribution in [3.05, 3.63) is 94.2 Å². The van der Waals surface area contributed by atoms with Crippen LogP contribution >= 0.6 is 23.2 Å². The molecule has 1 fully saturated rings. The molecule has 2 amide bonds. The summed E-state index contributed by atoms with van der Waals surface area (Å²) in [6.07, 6.45) is 3.73. The predicted molar refractivity (Wildman–Crippen MR) is 154 cm³/mol. The van der Waals surface area contributed by atoms with Crippen LogP contribution in [0.1, 0.15) is 38.2 Å². The highest BCUT2D eigenvalue weighted by Gasteiger charge is 2.34. The van der Waals surface area contributed by atoms with Crippen LogP contribution in [-0.4, -0.2) is 43.8 Å². The van der Waals surface area contributed by atoms with E-state index in [-0.39, 0.29) is 34.1 Å². The average molecular weight is 607 g/mol. The van der Waals surface area contributed by atoms with E-state index in [0.29, 0.717) is 10.6 Å². The molecule has 4 rings (SSSR count). The number of halogens is 3. The highest BCUT2D eigenvalue weighted by molar-refractivity contribution is 7.92. The van der Waals surface area contributed by atoms with Gasteiger partial charge in [0.2, 0.25) is 11.8 Å². The summed E-state index contributed by atoms with van der Waals surface area (Å²) >= 11 is 12.4. The number of hydrogen-bond acceptors (Lipinski definition) is 4. The normalized spacial score (nSPS) is 14.5. The summed E-state index contributed by atoms with van der Waals surface area (Å²) in [6, 6.07) is 16.6. The van der Waals surface area contributed by atoms with Crippen molar-refractivity contribution >= 4 is 50.7 Å². The van der Waals surface area contributed by atoms with Crippen molar-refractivity contribution in [3.8, 4) is 0 Å². The summed E-state index contributed by atoms with van der Waals surface area (Å²) < 4.78 is 43.1. The van der Waals surface area contributed by atoms with E-state index in [1.807, 2.05) is 0 Å². The lowest BCUT2D eigenvalue weighted by Gasteiger charge is -2.32. The first-order chi connectivity index (χ1) is 19.1. The van der Waals surface area contributed by atoms with Crippen LogP contribution in [0.3, 0.4) is 0 Å². The van der Waals surface area contributed by atoms with Gasteiger partial charge in [-0.1, -0.05) is 72.4 Å². The number of nitrogens with one attached hydrogen (secondary N) is 1. The smallest absolute Gasteiger partial charge is 0.264 e. The van der Waals surface area contributed by atoms with Crippen molar-refractivity contribution < 1.29 is 22.4 Å². The fourth-order valence-corrected chi connectivity index (χ4v) is 6.61. The summed E-state index contributed by atoms with van der Waals surface area (Å²) in [5, 5.41) is 3.68. The van der Waals surface area contributed by atoms with E-state index in [4.69, 9.17) is 23.2 Å². The standard InChI is InChI=1S/C29H30Cl2FN3O4S/c1-20(29(37)33-23-9-5-6-10-23)34(18-21-15-16-22(30)17-25(21)31)28(36)19-35(27-14-8-7-13-26(27)32)40(38,39)24-11-3-2-4-12-24/h2-4,7-8,11-17,20,23H,5-6,9-10,18-19H2,1H3,(H,33,37)/t20-/m0/s1. The molecular formula is C29H30Cl2FN3O4S. The van der Waals surface area contributed by atoms with E-state index >= 15 is 0 Å². The first kappa shape index (κ1) is 29.8. The topological polar surface area (TPSA) is 86.8 Å². The van der Waals surface area contributed by atoms with Crippen molar-refractivity contribution in [1.29, 1.82) is 0 Å². The summed E-state index contributed by atoms with van der Waals surface area (Å²) in [4.78, 5) is 28.3. The van der Waals surface area contributed by atoms with E-state index in [1.165, 1.54) is 41.3 Å². The summed E-state index contributed by atoms with van der Waals surface area (Å²) in [5.74, 6) is -1.88. The Kier molecular flexibility index (Phi) is 9.71. The predicted octanol–water partition coefficient (Wildman–Crippen LogP) is 5.80. The molecule has 7 nitrogen and oxygen atoms in total. The number of rotatable bonds is 10. The van der Waals surface area contributed by atoms with Gasteiger partial charge in [0.25, 0.3) is 10.0 Å². The molecule has 1 aliphatic carbocycles. The lowest BCUT2D eigenvalue weighted by Crippen LogP contribution is -2.52. The summed E-state index contributed by atoms with van der Waals surface area (Å²) in [7, 11) is -4.35. The van der Waals surface area contributed by atoms with Crippen LogP contribution in [0.4, 0.5) is 10.1 Å². The maximum Gasteiger partial charge on any atom is 0.264 e. The average Bonchev–Trinajstić information content (AvgIpc) is 3.45. The van der Waals surface area contributed by atoms with Crippen molar-refractivity contribution in [2.24, 2.45) is 0 Å². The molecule has 40 heavy (non-hydrogen) atoms. The minimum Gasteiger partial charge on any atom is -0.352 e. The van der Waals surface area contributed by atoms with Gasteiger partial charge in [-0.15, -0.1) is 0 Å². The Bertz CT molecular complexity index is 1470. The number of amides is 2. The van der Waals surface area contributed by atoms with Crippen LogP contribution in [-0.2, 0) is 26.2 Å². The zero-order chi connectivity index (χ0) is 28.9. The van der Waals surface area contributed by atoms with Crippen LogP contribution in [0.5, 0.6) is 0 Å². The molecular weight excluding hydrogens is 576 g/mol. The molecule has 0 aromatic heterocycles. The molecule has 0 heterocycles. The van der Waals surface area contributed by atoms with Gasteiger partial charge in [-0.05, 0) is 61.7 Å². The molecule has 1 saturated carbocycles. The fourth-order valence-electron chi connectivity index (χ4n) is 4.69. The summed E-state index contributed by atoms with van der Waals surface area (Å²) in [6.45, 7) is 0.736. The van der Waals surface area contributed by atoms with Gasteiger partial charge in [0.15, 0.2) is 0 Å². The molecule has 0 aliphatic heterocycles. The minimum atomic E-state index is -4.35. The Morgan fingerprint density at radius 2 is 1.65 bits per heavy atom. The van der Waals surface area contributed by atoms with E-state index in [0.717, 1.165) is 36.1 Å². The molecule has 3 aromatic rings. The Hall–Kier alpha value is -3.14. The molecule has 0 unspecified atom stereocenters. The van der Waals surface area contributed by atoms with E-state index in [1.54, 1.807) is 37.3 Å². The molecule has 1 atom stereocenters. The third kappa shape index (κ3) is 6.95. The molecule has 3 aromatic carbocycles. The van der Waals surface area contributed by atoms with Crippen LogP contribution in [0.2, 0.25) is 10.0 Å². The van der Waals surface area contributed by atoms with Crippen LogP contribution < -0.4 is 9.62 Å². The molecule has 0 bridgehead atoms. The first-order valence-corrected chi connectivity index (χ1v) is 15.1. The number of hydrogen-bond donors (Lipinski definition) is 1. The Morgan fingerprint density at radius 3 is 2.30 bits per heavy atom. The number of benzene rings is 3. The van der Waals surface area contributed by atoms with Gasteiger partial charge >= 0.3 is 0 Å². The fraction of sp³-hybridized carbons (Fsp3) is 0.310. The molecule has 0 saturated heterocycles. The van der Waals surface area contributed by atoms with E-state index in [2.05, 4.69) is 5.32 Å². The molecule has 1 N–H and O–H groups in total. The van der Waals surface area contributed by atoms with Gasteiger partial charge in [-0.2, -0.15) is 0 Å². The minimum absolute atomic E-state index is 0.0133. The van der Waals surface area contributed by atoms with Crippen LogP contribution in [0.25, 0.3) is 0 Å². The van der Waals surface area contributed by atoms with Crippen molar-refractivity contribution in [2.75, 3.05) is 10.8 Å². The molecule has 0 spiro atoms. The van der Waals surface area contributed by atoms with Crippen molar-refractivity contribution in [1.82, 2.24) is 10.2 Å². The Morgan fingerprint density at radius 1 is 1.00 bits per heavy atom. The molecule has 212 valence electrons. The van der Waals surface area contributed by atoms with Crippen LogP contribution in [0.15, 0.2) is 77.7 Å². The first-order valence-electron chi connectivity index (χ1n) is 12.9. The number of sulfonamides is 1. The monoisotopic (exact) mass is 605 g/mol. The second kappa shape index (κ2) is 13.0. The zero-order valence-corrected chi connectivity index (χ0v) is 24.2. The second-order valence-electron chi connectivity index (χ2n) is 9.70. The SMILES string of the molecule is C[C@@H](C(=O)NC1CCCC1)N(Cc1ccc(Cl)cc1Cl)C(=O)CN(c1ccccc1F)S(=O)(=O)c1ccccc1. The van der Waals surface area contributed by atoms with Crippen molar-refractivity contribution in [3.63, 3.8) is 0 Å². The van der Waals surface area contributed by atoms with E-state index < -0.39 is 34.3 Å². The van der Waals surface area contributed by atoms with Gasteiger partial charge in [-0.25, -0.2) is 12.8 Å². The van der Waals surface area contributed by atoms with Gasteiger partial charge in [0.1, 0.15) is 18.4 Å². The Labute approximate surface area is 243 Å². The van der Waals surface area contributed by atoms with Gasteiger partial charge in [-0.3, -0.25) is 13.9 Å². The number of carbonyl (C=O) groups is 2. The highest BCUT2D eigenvalue weighted by atomic mass is 35.5. The number of nitrogens with zero attached hydrogens (tertiary/aromatic N) is 2. The van der Waals surface area contributed by atoms with Gasteiger partial charge in [0.05, 0.1) is 10.6 Å². The molecule has 1 aliphatic rings. The third-order valence-corrected chi connectivity index (χ3v) is 9.32. The largest absolute Gasteiger partial charge is 0.352 e. The number of carbonyl (C=O) groups excluding carboxylic acids is 2. The lowest BCUT2D eigenvalue weighted by molar-refractivity contribution is -0.139. The van der Waals surface area contributed by atoms with E-state index in [9.17, 15) is 22.4 Å². The second-order valence-corrected chi connectivity index (χ2v) is 12.4. The summed E-state index contributed by atoms with van der Waals surface area (Å²) in [5.41, 5.74) is 0.232. The molecule has 0 radical (unpaired) electrons.